The van der Waals surface area contributed by atoms with E-state index in [1.165, 1.54) is 30.0 Å². The Balaban J connectivity index is 1.57. The number of anilines is 1. The highest BCUT2D eigenvalue weighted by Crippen LogP contribution is 2.24. The smallest absolute Gasteiger partial charge is 0.193 e. The molecular formula is C19H22FN3. The van der Waals surface area contributed by atoms with Crippen molar-refractivity contribution in [1.29, 1.82) is 0 Å². The standard InChI is InChI=1S/C19H22FN3/c1-13-11-17(20)7-5-14(13)9-10-22-19(21)23-18-8-6-15-3-2-4-16(15)12-18/h5-8,11-12H,2-4,9-10H2,1H3,(H3,21,22,23). The zero-order valence-corrected chi connectivity index (χ0v) is 13.4. The number of benzene rings is 2. The molecule has 0 radical (unpaired) electrons. The second-order valence-corrected chi connectivity index (χ2v) is 6.05. The third-order valence-electron chi connectivity index (χ3n) is 4.34. The molecule has 2 aromatic rings. The van der Waals surface area contributed by atoms with Gasteiger partial charge in [0, 0.05) is 12.2 Å². The van der Waals surface area contributed by atoms with E-state index in [1.54, 1.807) is 6.07 Å². The van der Waals surface area contributed by atoms with Crippen molar-refractivity contribution in [2.45, 2.75) is 32.6 Å². The quantitative estimate of drug-likeness (QED) is 0.669. The Labute approximate surface area is 136 Å². The molecule has 3 nitrogen and oxygen atoms in total. The minimum absolute atomic E-state index is 0.201. The van der Waals surface area contributed by atoms with E-state index in [-0.39, 0.29) is 5.82 Å². The van der Waals surface area contributed by atoms with Crippen LogP contribution >= 0.6 is 0 Å². The summed E-state index contributed by atoms with van der Waals surface area (Å²) in [6.07, 6.45) is 4.31. The van der Waals surface area contributed by atoms with Crippen LogP contribution < -0.4 is 11.1 Å². The summed E-state index contributed by atoms with van der Waals surface area (Å²) in [7, 11) is 0. The van der Waals surface area contributed by atoms with Crippen LogP contribution in [0.4, 0.5) is 10.1 Å². The molecule has 3 N–H and O–H groups in total. The van der Waals surface area contributed by atoms with E-state index >= 15 is 0 Å². The van der Waals surface area contributed by atoms with Gasteiger partial charge < -0.3 is 11.1 Å². The summed E-state index contributed by atoms with van der Waals surface area (Å²) in [5.74, 6) is 0.218. The van der Waals surface area contributed by atoms with Crippen LogP contribution in [0.3, 0.4) is 0 Å². The maximum absolute atomic E-state index is 13.1. The van der Waals surface area contributed by atoms with Gasteiger partial charge in [0.1, 0.15) is 5.82 Å². The molecule has 0 saturated heterocycles. The van der Waals surface area contributed by atoms with E-state index < -0.39 is 0 Å². The van der Waals surface area contributed by atoms with E-state index in [0.29, 0.717) is 12.5 Å². The van der Waals surface area contributed by atoms with Gasteiger partial charge in [-0.05, 0) is 79.1 Å². The zero-order valence-electron chi connectivity index (χ0n) is 13.4. The van der Waals surface area contributed by atoms with Gasteiger partial charge in [0.05, 0.1) is 0 Å². The largest absolute Gasteiger partial charge is 0.370 e. The summed E-state index contributed by atoms with van der Waals surface area (Å²) in [5.41, 5.74) is 11.8. The van der Waals surface area contributed by atoms with Crippen LogP contribution in [0.1, 0.15) is 28.7 Å². The Morgan fingerprint density at radius 3 is 2.83 bits per heavy atom. The molecule has 0 aromatic heterocycles. The summed E-state index contributed by atoms with van der Waals surface area (Å²) in [6, 6.07) is 11.2. The minimum atomic E-state index is -0.201. The van der Waals surface area contributed by atoms with Crippen molar-refractivity contribution < 1.29 is 4.39 Å². The summed E-state index contributed by atoms with van der Waals surface area (Å²) < 4.78 is 13.1. The molecule has 1 aliphatic carbocycles. The second kappa shape index (κ2) is 6.82. The van der Waals surface area contributed by atoms with E-state index in [1.807, 2.05) is 13.0 Å². The van der Waals surface area contributed by atoms with E-state index in [9.17, 15) is 4.39 Å². The lowest BCUT2D eigenvalue weighted by atomic mass is 10.1. The Bertz CT molecular complexity index is 737. The molecule has 0 atom stereocenters. The maximum Gasteiger partial charge on any atom is 0.193 e. The number of halogens is 1. The molecule has 120 valence electrons. The van der Waals surface area contributed by atoms with E-state index in [0.717, 1.165) is 29.7 Å². The number of rotatable bonds is 4. The van der Waals surface area contributed by atoms with Crippen molar-refractivity contribution in [3.63, 3.8) is 0 Å². The molecule has 3 rings (SSSR count). The highest BCUT2D eigenvalue weighted by Gasteiger charge is 2.10. The number of hydrogen-bond acceptors (Lipinski definition) is 1. The van der Waals surface area contributed by atoms with Gasteiger partial charge in [-0.1, -0.05) is 12.1 Å². The molecule has 0 saturated carbocycles. The summed E-state index contributed by atoms with van der Waals surface area (Å²) in [5, 5.41) is 3.15. The zero-order chi connectivity index (χ0) is 16.2. The third-order valence-corrected chi connectivity index (χ3v) is 4.34. The predicted octanol–water partition coefficient (Wildman–Crippen LogP) is 3.59. The number of nitrogens with one attached hydrogen (secondary N) is 1. The number of aryl methyl sites for hydroxylation is 3. The van der Waals surface area contributed by atoms with E-state index in [2.05, 4.69) is 28.5 Å². The van der Waals surface area contributed by atoms with Crippen LogP contribution in [0.25, 0.3) is 0 Å². The third kappa shape index (κ3) is 3.89. The van der Waals surface area contributed by atoms with Crippen LogP contribution in [-0.4, -0.2) is 12.5 Å². The van der Waals surface area contributed by atoms with Gasteiger partial charge in [-0.15, -0.1) is 0 Å². The van der Waals surface area contributed by atoms with Gasteiger partial charge in [0.25, 0.3) is 0 Å². The number of hydrogen-bond donors (Lipinski definition) is 2. The van der Waals surface area contributed by atoms with Crippen molar-refractivity contribution in [1.82, 2.24) is 0 Å². The van der Waals surface area contributed by atoms with Crippen LogP contribution in [0.15, 0.2) is 41.4 Å². The number of guanidine groups is 1. The van der Waals surface area contributed by atoms with Crippen LogP contribution in [-0.2, 0) is 19.3 Å². The molecule has 23 heavy (non-hydrogen) atoms. The normalized spacial score (nSPS) is 13.9. The molecule has 0 spiro atoms. The highest BCUT2D eigenvalue weighted by molar-refractivity contribution is 5.92. The first-order valence-electron chi connectivity index (χ1n) is 8.05. The van der Waals surface area contributed by atoms with Gasteiger partial charge in [-0.2, -0.15) is 0 Å². The summed E-state index contributed by atoms with van der Waals surface area (Å²) in [6.45, 7) is 2.49. The lowest BCUT2D eigenvalue weighted by molar-refractivity contribution is 0.625. The van der Waals surface area contributed by atoms with E-state index in [4.69, 9.17) is 5.73 Å². The Morgan fingerprint density at radius 2 is 2.00 bits per heavy atom. The van der Waals surface area contributed by atoms with Gasteiger partial charge >= 0.3 is 0 Å². The average molecular weight is 311 g/mol. The highest BCUT2D eigenvalue weighted by atomic mass is 19.1. The molecule has 1 aliphatic rings. The fraction of sp³-hybridized carbons (Fsp3) is 0.316. The summed E-state index contributed by atoms with van der Waals surface area (Å²) in [4.78, 5) is 4.36. The van der Waals surface area contributed by atoms with Gasteiger partial charge in [-0.25, -0.2) is 4.39 Å². The number of aliphatic imine (C=N–C) groups is 1. The molecule has 2 aromatic carbocycles. The SMILES string of the molecule is Cc1cc(F)ccc1CCN=C(N)Nc1ccc2c(c1)CCC2. The number of fused-ring (bicyclic) bond motifs is 1. The van der Waals surface area contributed by atoms with Crippen molar-refractivity contribution in [2.24, 2.45) is 10.7 Å². The Kier molecular flexibility index (Phi) is 4.60. The maximum atomic E-state index is 13.1. The second-order valence-electron chi connectivity index (χ2n) is 6.05. The van der Waals surface area contributed by atoms with Crippen LogP contribution in [0.5, 0.6) is 0 Å². The number of nitrogens with two attached hydrogens (primary N) is 1. The minimum Gasteiger partial charge on any atom is -0.370 e. The summed E-state index contributed by atoms with van der Waals surface area (Å²) >= 11 is 0. The topological polar surface area (TPSA) is 50.4 Å². The fourth-order valence-corrected chi connectivity index (χ4v) is 3.07. The molecule has 0 amide bonds. The fourth-order valence-electron chi connectivity index (χ4n) is 3.07. The molecule has 0 aliphatic heterocycles. The van der Waals surface area contributed by atoms with Crippen molar-refractivity contribution >= 4 is 11.6 Å². The van der Waals surface area contributed by atoms with Crippen LogP contribution in [0, 0.1) is 12.7 Å². The molecule has 0 heterocycles. The number of nitrogens with zero attached hydrogens (tertiary/aromatic N) is 1. The Hall–Kier alpha value is -2.36. The first-order chi connectivity index (χ1) is 11.1. The molecular weight excluding hydrogens is 289 g/mol. The molecule has 0 bridgehead atoms. The first-order valence-corrected chi connectivity index (χ1v) is 8.05. The molecule has 0 unspecified atom stereocenters. The van der Waals surface area contributed by atoms with Crippen LogP contribution in [0.2, 0.25) is 0 Å². The monoisotopic (exact) mass is 311 g/mol. The lowest BCUT2D eigenvalue weighted by Crippen LogP contribution is -2.23. The van der Waals surface area contributed by atoms with Crippen molar-refractivity contribution in [3.8, 4) is 0 Å². The van der Waals surface area contributed by atoms with Gasteiger partial charge in [-0.3, -0.25) is 4.99 Å². The average Bonchev–Trinajstić information content (AvgIpc) is 2.97. The van der Waals surface area contributed by atoms with Gasteiger partial charge in [0.15, 0.2) is 5.96 Å². The lowest BCUT2D eigenvalue weighted by Gasteiger charge is -2.08. The molecule has 0 fully saturated rings. The predicted molar refractivity (Wildman–Crippen MR) is 93.4 cm³/mol. The first kappa shape index (κ1) is 15.5. The Morgan fingerprint density at radius 1 is 1.17 bits per heavy atom. The van der Waals surface area contributed by atoms with Gasteiger partial charge in [0.2, 0.25) is 0 Å². The molecule has 4 heteroatoms. The van der Waals surface area contributed by atoms with Crippen molar-refractivity contribution in [2.75, 3.05) is 11.9 Å². The van der Waals surface area contributed by atoms with Crippen molar-refractivity contribution in [3.05, 3.63) is 64.5 Å².